The average Bonchev–Trinajstić information content (AvgIpc) is 2.46. The highest BCUT2D eigenvalue weighted by Crippen LogP contribution is 2.40. The standard InChI is InChI=1S/C17H23FN2O.ClH/c18-15-6-4-5-14(9-15)17(7-2-1-3-8-17)16(21)20-12-13-10-19-11-13;/h4-6,9,13,19H,1-3,7-8,10-12H2,(H,20,21);1H. The molecule has 0 bridgehead atoms. The fourth-order valence-corrected chi connectivity index (χ4v) is 3.49. The summed E-state index contributed by atoms with van der Waals surface area (Å²) in [5, 5.41) is 6.32. The third-order valence-corrected chi connectivity index (χ3v) is 4.94. The third kappa shape index (κ3) is 3.44. The van der Waals surface area contributed by atoms with Crippen LogP contribution in [0.3, 0.4) is 0 Å². The van der Waals surface area contributed by atoms with E-state index in [2.05, 4.69) is 10.6 Å². The van der Waals surface area contributed by atoms with Gasteiger partial charge in [-0.05, 0) is 30.5 Å². The first-order valence-electron chi connectivity index (χ1n) is 7.96. The van der Waals surface area contributed by atoms with E-state index < -0.39 is 5.41 Å². The van der Waals surface area contributed by atoms with Crippen molar-refractivity contribution >= 4 is 18.3 Å². The Balaban J connectivity index is 0.00000176. The summed E-state index contributed by atoms with van der Waals surface area (Å²) < 4.78 is 13.6. The van der Waals surface area contributed by atoms with E-state index in [1.807, 2.05) is 6.07 Å². The first-order valence-corrected chi connectivity index (χ1v) is 7.96. The number of benzene rings is 1. The summed E-state index contributed by atoms with van der Waals surface area (Å²) >= 11 is 0. The minimum Gasteiger partial charge on any atom is -0.355 e. The molecule has 3 rings (SSSR count). The van der Waals surface area contributed by atoms with Crippen molar-refractivity contribution < 1.29 is 9.18 Å². The number of carbonyl (C=O) groups is 1. The lowest BCUT2D eigenvalue weighted by Gasteiger charge is -2.37. The lowest BCUT2D eigenvalue weighted by atomic mass is 9.68. The zero-order valence-electron chi connectivity index (χ0n) is 12.7. The second-order valence-electron chi connectivity index (χ2n) is 6.39. The Labute approximate surface area is 137 Å². The molecule has 2 aliphatic rings. The number of hydrogen-bond acceptors (Lipinski definition) is 2. The van der Waals surface area contributed by atoms with E-state index in [9.17, 15) is 9.18 Å². The van der Waals surface area contributed by atoms with Crippen LogP contribution in [0, 0.1) is 11.7 Å². The van der Waals surface area contributed by atoms with Gasteiger partial charge in [0.2, 0.25) is 5.91 Å². The molecule has 122 valence electrons. The summed E-state index contributed by atoms with van der Waals surface area (Å²) in [4.78, 5) is 12.8. The third-order valence-electron chi connectivity index (χ3n) is 4.94. The molecule has 0 unspecified atom stereocenters. The van der Waals surface area contributed by atoms with Crippen LogP contribution in [0.2, 0.25) is 0 Å². The van der Waals surface area contributed by atoms with Gasteiger partial charge >= 0.3 is 0 Å². The van der Waals surface area contributed by atoms with Gasteiger partial charge in [0.25, 0.3) is 0 Å². The second-order valence-corrected chi connectivity index (χ2v) is 6.39. The number of nitrogens with one attached hydrogen (secondary N) is 2. The molecule has 5 heteroatoms. The summed E-state index contributed by atoms with van der Waals surface area (Å²) in [6.45, 7) is 2.68. The highest BCUT2D eigenvalue weighted by molar-refractivity contribution is 5.88. The lowest BCUT2D eigenvalue weighted by Crippen LogP contribution is -2.52. The minimum absolute atomic E-state index is 0. The quantitative estimate of drug-likeness (QED) is 0.893. The van der Waals surface area contributed by atoms with Crippen molar-refractivity contribution in [1.29, 1.82) is 0 Å². The first-order chi connectivity index (χ1) is 10.2. The summed E-state index contributed by atoms with van der Waals surface area (Å²) in [7, 11) is 0. The van der Waals surface area contributed by atoms with Gasteiger partial charge in [0, 0.05) is 25.6 Å². The van der Waals surface area contributed by atoms with Crippen molar-refractivity contribution in [1.82, 2.24) is 10.6 Å². The van der Waals surface area contributed by atoms with Crippen LogP contribution < -0.4 is 10.6 Å². The maximum atomic E-state index is 13.6. The molecular weight excluding hydrogens is 303 g/mol. The van der Waals surface area contributed by atoms with E-state index in [4.69, 9.17) is 0 Å². The van der Waals surface area contributed by atoms with Gasteiger partial charge in [0.1, 0.15) is 5.82 Å². The fraction of sp³-hybridized carbons (Fsp3) is 0.588. The molecular formula is C17H24ClFN2O. The molecule has 1 aliphatic heterocycles. The Kier molecular flexibility index (Phi) is 5.81. The molecule has 2 N–H and O–H groups in total. The maximum Gasteiger partial charge on any atom is 0.230 e. The number of carbonyl (C=O) groups excluding carboxylic acids is 1. The van der Waals surface area contributed by atoms with Gasteiger partial charge in [-0.3, -0.25) is 4.79 Å². The molecule has 1 amide bonds. The molecule has 1 saturated heterocycles. The van der Waals surface area contributed by atoms with Gasteiger partial charge in [0.15, 0.2) is 0 Å². The van der Waals surface area contributed by atoms with Crippen LogP contribution in [0.15, 0.2) is 24.3 Å². The van der Waals surface area contributed by atoms with Crippen LogP contribution in [-0.2, 0) is 10.2 Å². The monoisotopic (exact) mass is 326 g/mol. The summed E-state index contributed by atoms with van der Waals surface area (Å²) in [6.07, 6.45) is 4.89. The maximum absolute atomic E-state index is 13.6. The van der Waals surface area contributed by atoms with Crippen LogP contribution in [0.4, 0.5) is 4.39 Å². The van der Waals surface area contributed by atoms with Gasteiger partial charge in [-0.2, -0.15) is 0 Å². The van der Waals surface area contributed by atoms with Gasteiger partial charge < -0.3 is 10.6 Å². The molecule has 0 radical (unpaired) electrons. The molecule has 1 saturated carbocycles. The predicted molar refractivity (Wildman–Crippen MR) is 87.8 cm³/mol. The molecule has 1 aliphatic carbocycles. The topological polar surface area (TPSA) is 41.1 Å². The Morgan fingerprint density at radius 2 is 2.00 bits per heavy atom. The van der Waals surface area contributed by atoms with Crippen LogP contribution in [0.1, 0.15) is 37.7 Å². The number of hydrogen-bond donors (Lipinski definition) is 2. The number of amides is 1. The van der Waals surface area contributed by atoms with E-state index in [0.29, 0.717) is 5.92 Å². The number of rotatable bonds is 4. The van der Waals surface area contributed by atoms with Crippen molar-refractivity contribution in [2.24, 2.45) is 5.92 Å². The first kappa shape index (κ1) is 17.2. The summed E-state index contributed by atoms with van der Waals surface area (Å²) in [5.41, 5.74) is 0.309. The van der Waals surface area contributed by atoms with Crippen molar-refractivity contribution in [3.63, 3.8) is 0 Å². The molecule has 1 aromatic carbocycles. The Bertz CT molecular complexity index is 513. The molecule has 2 fully saturated rings. The zero-order chi connectivity index (χ0) is 14.7. The molecule has 0 spiro atoms. The molecule has 1 heterocycles. The summed E-state index contributed by atoms with van der Waals surface area (Å²) in [5.74, 6) is 0.371. The van der Waals surface area contributed by atoms with Crippen molar-refractivity contribution in [3.8, 4) is 0 Å². The molecule has 0 atom stereocenters. The molecule has 3 nitrogen and oxygen atoms in total. The van der Waals surface area contributed by atoms with Crippen molar-refractivity contribution in [2.45, 2.75) is 37.5 Å². The second kappa shape index (κ2) is 7.42. The smallest absolute Gasteiger partial charge is 0.230 e. The number of halogens is 2. The van der Waals surface area contributed by atoms with E-state index in [0.717, 1.165) is 57.3 Å². The van der Waals surface area contributed by atoms with Crippen molar-refractivity contribution in [3.05, 3.63) is 35.6 Å². The summed E-state index contributed by atoms with van der Waals surface area (Å²) in [6, 6.07) is 6.59. The highest BCUT2D eigenvalue weighted by Gasteiger charge is 2.41. The largest absolute Gasteiger partial charge is 0.355 e. The minimum atomic E-state index is -0.530. The average molecular weight is 327 g/mol. The molecule has 1 aromatic rings. The Morgan fingerprint density at radius 3 is 2.59 bits per heavy atom. The van der Waals surface area contributed by atoms with Gasteiger partial charge in [0.05, 0.1) is 5.41 Å². The van der Waals surface area contributed by atoms with Gasteiger partial charge in [-0.15, -0.1) is 12.4 Å². The van der Waals surface area contributed by atoms with E-state index in [1.165, 1.54) is 12.1 Å². The molecule has 22 heavy (non-hydrogen) atoms. The van der Waals surface area contributed by atoms with E-state index in [1.54, 1.807) is 6.07 Å². The Hall–Kier alpha value is -1.13. The van der Waals surface area contributed by atoms with Crippen molar-refractivity contribution in [2.75, 3.05) is 19.6 Å². The SMILES string of the molecule is Cl.O=C(NCC1CNC1)C1(c2cccc(F)c2)CCCCC1. The highest BCUT2D eigenvalue weighted by atomic mass is 35.5. The van der Waals surface area contributed by atoms with Crippen LogP contribution in [-0.4, -0.2) is 25.5 Å². The predicted octanol–water partition coefficient (Wildman–Crippen LogP) is 2.79. The van der Waals surface area contributed by atoms with E-state index >= 15 is 0 Å². The zero-order valence-corrected chi connectivity index (χ0v) is 13.6. The van der Waals surface area contributed by atoms with Gasteiger partial charge in [-0.1, -0.05) is 31.4 Å². The molecule has 0 aromatic heterocycles. The van der Waals surface area contributed by atoms with Crippen LogP contribution in [0.5, 0.6) is 0 Å². The van der Waals surface area contributed by atoms with E-state index in [-0.39, 0.29) is 24.1 Å². The Morgan fingerprint density at radius 1 is 1.27 bits per heavy atom. The van der Waals surface area contributed by atoms with Crippen LogP contribution in [0.25, 0.3) is 0 Å². The fourth-order valence-electron chi connectivity index (χ4n) is 3.49. The lowest BCUT2D eigenvalue weighted by molar-refractivity contribution is -0.128. The van der Waals surface area contributed by atoms with Gasteiger partial charge in [-0.25, -0.2) is 4.39 Å². The van der Waals surface area contributed by atoms with Crippen LogP contribution >= 0.6 is 12.4 Å². The normalized spacial score (nSPS) is 20.6.